The Morgan fingerprint density at radius 2 is 1.71 bits per heavy atom. The van der Waals surface area contributed by atoms with Gasteiger partial charge in [0.15, 0.2) is 0 Å². The molecule has 1 aromatic rings. The van der Waals surface area contributed by atoms with Crippen molar-refractivity contribution in [2.75, 3.05) is 0 Å². The summed E-state index contributed by atoms with van der Waals surface area (Å²) in [7, 11) is 0. The van der Waals surface area contributed by atoms with Gasteiger partial charge in [-0.2, -0.15) is 0 Å². The van der Waals surface area contributed by atoms with Crippen molar-refractivity contribution < 1.29 is 15.0 Å². The first-order valence-corrected chi connectivity index (χ1v) is 7.89. The van der Waals surface area contributed by atoms with Gasteiger partial charge in [-0.05, 0) is 50.7 Å². The highest BCUT2D eigenvalue weighted by Gasteiger charge is 2.41. The molecule has 3 nitrogen and oxygen atoms in total. The molecule has 0 aliphatic heterocycles. The maximum absolute atomic E-state index is 11.8. The minimum atomic E-state index is -0.688. The standard InChI is InChI=1S/C18H26O3/c1-17(2,21)13-10-14-6-8-15(9-7-14)18(16(19)20)11-4-3-5-12-18/h6-9,21H,3-5,10-13H2,1-2H3,(H,19,20). The zero-order valence-corrected chi connectivity index (χ0v) is 13.1. The fourth-order valence-corrected chi connectivity index (χ4v) is 3.22. The number of carboxylic acids is 1. The molecule has 0 amide bonds. The van der Waals surface area contributed by atoms with Crippen molar-refractivity contribution in [3.8, 4) is 0 Å². The Morgan fingerprint density at radius 3 is 2.19 bits per heavy atom. The molecule has 1 aliphatic rings. The molecule has 0 unspecified atom stereocenters. The van der Waals surface area contributed by atoms with E-state index in [0.29, 0.717) is 6.42 Å². The van der Waals surface area contributed by atoms with E-state index in [4.69, 9.17) is 0 Å². The van der Waals surface area contributed by atoms with E-state index < -0.39 is 17.0 Å². The Morgan fingerprint density at radius 1 is 1.14 bits per heavy atom. The monoisotopic (exact) mass is 290 g/mol. The molecule has 21 heavy (non-hydrogen) atoms. The minimum Gasteiger partial charge on any atom is -0.481 e. The van der Waals surface area contributed by atoms with Crippen LogP contribution >= 0.6 is 0 Å². The average Bonchev–Trinajstić information content (AvgIpc) is 2.45. The summed E-state index contributed by atoms with van der Waals surface area (Å²) in [5.41, 5.74) is 0.733. The highest BCUT2D eigenvalue weighted by atomic mass is 16.4. The van der Waals surface area contributed by atoms with Crippen molar-refractivity contribution in [1.29, 1.82) is 0 Å². The van der Waals surface area contributed by atoms with E-state index in [-0.39, 0.29) is 0 Å². The summed E-state index contributed by atoms with van der Waals surface area (Å²) in [6, 6.07) is 7.97. The molecule has 3 heteroatoms. The van der Waals surface area contributed by atoms with Gasteiger partial charge in [-0.25, -0.2) is 0 Å². The van der Waals surface area contributed by atoms with Crippen LogP contribution in [0.15, 0.2) is 24.3 Å². The Labute approximate surface area is 127 Å². The Bertz CT molecular complexity index is 476. The molecule has 1 fully saturated rings. The highest BCUT2D eigenvalue weighted by molar-refractivity contribution is 5.81. The van der Waals surface area contributed by atoms with Crippen molar-refractivity contribution in [2.24, 2.45) is 0 Å². The molecule has 0 heterocycles. The number of aryl methyl sites for hydroxylation is 1. The van der Waals surface area contributed by atoms with Crippen molar-refractivity contribution in [1.82, 2.24) is 0 Å². The number of aliphatic carboxylic acids is 1. The smallest absolute Gasteiger partial charge is 0.314 e. The fraction of sp³-hybridized carbons (Fsp3) is 0.611. The third-order valence-electron chi connectivity index (χ3n) is 4.65. The summed E-state index contributed by atoms with van der Waals surface area (Å²) >= 11 is 0. The molecule has 0 bridgehead atoms. The van der Waals surface area contributed by atoms with Crippen LogP contribution in [-0.2, 0) is 16.6 Å². The number of hydrogen-bond donors (Lipinski definition) is 2. The number of carboxylic acid groups (broad SMARTS) is 1. The van der Waals surface area contributed by atoms with Crippen LogP contribution in [-0.4, -0.2) is 21.8 Å². The van der Waals surface area contributed by atoms with Gasteiger partial charge in [-0.3, -0.25) is 4.79 Å². The second-order valence-corrected chi connectivity index (χ2v) is 6.96. The van der Waals surface area contributed by atoms with Gasteiger partial charge >= 0.3 is 5.97 Å². The lowest BCUT2D eigenvalue weighted by Gasteiger charge is -2.33. The molecule has 0 atom stereocenters. The molecule has 2 rings (SSSR count). The normalized spacial score (nSPS) is 18.4. The number of hydrogen-bond acceptors (Lipinski definition) is 2. The largest absolute Gasteiger partial charge is 0.481 e. The van der Waals surface area contributed by atoms with Crippen LogP contribution in [0, 0.1) is 0 Å². The third-order valence-corrected chi connectivity index (χ3v) is 4.65. The van der Waals surface area contributed by atoms with E-state index in [0.717, 1.165) is 49.7 Å². The summed E-state index contributed by atoms with van der Waals surface area (Å²) in [5, 5.41) is 19.5. The summed E-state index contributed by atoms with van der Waals surface area (Å²) in [6.07, 6.45) is 6.12. The summed E-state index contributed by atoms with van der Waals surface area (Å²) in [4.78, 5) is 11.8. The van der Waals surface area contributed by atoms with Crippen molar-refractivity contribution >= 4 is 5.97 Å². The molecule has 0 radical (unpaired) electrons. The fourth-order valence-electron chi connectivity index (χ4n) is 3.22. The third kappa shape index (κ3) is 3.85. The van der Waals surface area contributed by atoms with E-state index in [1.54, 1.807) is 0 Å². The molecular weight excluding hydrogens is 264 g/mol. The van der Waals surface area contributed by atoms with Gasteiger partial charge in [0.1, 0.15) is 0 Å². The Kier molecular flexibility index (Phi) is 4.72. The van der Waals surface area contributed by atoms with Gasteiger partial charge in [0.2, 0.25) is 0 Å². The number of rotatable bonds is 5. The first kappa shape index (κ1) is 16.0. The van der Waals surface area contributed by atoms with Crippen LogP contribution in [0.25, 0.3) is 0 Å². The van der Waals surface area contributed by atoms with Crippen LogP contribution in [0.3, 0.4) is 0 Å². The molecule has 116 valence electrons. The van der Waals surface area contributed by atoms with E-state index in [2.05, 4.69) is 0 Å². The molecule has 1 saturated carbocycles. The van der Waals surface area contributed by atoms with E-state index in [1.807, 2.05) is 38.1 Å². The van der Waals surface area contributed by atoms with Gasteiger partial charge in [0, 0.05) is 0 Å². The molecule has 0 aromatic heterocycles. The quantitative estimate of drug-likeness (QED) is 0.869. The molecular formula is C18H26O3. The van der Waals surface area contributed by atoms with E-state index >= 15 is 0 Å². The highest BCUT2D eigenvalue weighted by Crippen LogP contribution is 2.39. The minimum absolute atomic E-state index is 0.662. The zero-order valence-electron chi connectivity index (χ0n) is 13.1. The summed E-state index contributed by atoms with van der Waals surface area (Å²) < 4.78 is 0. The van der Waals surface area contributed by atoms with Crippen LogP contribution in [0.4, 0.5) is 0 Å². The van der Waals surface area contributed by atoms with Gasteiger partial charge < -0.3 is 10.2 Å². The number of aliphatic hydroxyl groups is 1. The van der Waals surface area contributed by atoms with Gasteiger partial charge in [0.05, 0.1) is 11.0 Å². The zero-order chi connectivity index (χ0) is 15.5. The number of benzene rings is 1. The van der Waals surface area contributed by atoms with Crippen LogP contribution < -0.4 is 0 Å². The van der Waals surface area contributed by atoms with Crippen LogP contribution in [0.2, 0.25) is 0 Å². The molecule has 1 aliphatic carbocycles. The second-order valence-electron chi connectivity index (χ2n) is 6.96. The van der Waals surface area contributed by atoms with E-state index in [9.17, 15) is 15.0 Å². The van der Waals surface area contributed by atoms with E-state index in [1.165, 1.54) is 0 Å². The summed E-state index contributed by atoms with van der Waals surface area (Å²) in [6.45, 7) is 3.62. The number of carbonyl (C=O) groups is 1. The van der Waals surface area contributed by atoms with Crippen LogP contribution in [0.5, 0.6) is 0 Å². The second kappa shape index (κ2) is 6.18. The van der Waals surface area contributed by atoms with Crippen LogP contribution in [0.1, 0.15) is 63.5 Å². The molecule has 0 spiro atoms. The maximum atomic E-state index is 11.8. The first-order valence-electron chi connectivity index (χ1n) is 7.89. The molecule has 2 N–H and O–H groups in total. The summed E-state index contributed by atoms with van der Waals surface area (Å²) in [5.74, 6) is -0.688. The first-order chi connectivity index (χ1) is 9.83. The predicted octanol–water partition coefficient (Wildman–Crippen LogP) is 3.68. The lowest BCUT2D eigenvalue weighted by atomic mass is 9.69. The SMILES string of the molecule is CC(C)(O)CCc1ccc(C2(C(=O)O)CCCCC2)cc1. The lowest BCUT2D eigenvalue weighted by Crippen LogP contribution is -2.37. The molecule has 1 aromatic carbocycles. The maximum Gasteiger partial charge on any atom is 0.314 e. The van der Waals surface area contributed by atoms with Gasteiger partial charge in [-0.1, -0.05) is 43.5 Å². The average molecular weight is 290 g/mol. The van der Waals surface area contributed by atoms with Crippen molar-refractivity contribution in [3.63, 3.8) is 0 Å². The Balaban J connectivity index is 2.15. The van der Waals surface area contributed by atoms with Crippen molar-refractivity contribution in [3.05, 3.63) is 35.4 Å². The molecule has 0 saturated heterocycles. The van der Waals surface area contributed by atoms with Crippen molar-refractivity contribution in [2.45, 2.75) is 69.8 Å². The topological polar surface area (TPSA) is 57.5 Å². The predicted molar refractivity (Wildman–Crippen MR) is 83.5 cm³/mol. The van der Waals surface area contributed by atoms with Gasteiger partial charge in [-0.15, -0.1) is 0 Å². The lowest BCUT2D eigenvalue weighted by molar-refractivity contribution is -0.145. The Hall–Kier alpha value is -1.35. The van der Waals surface area contributed by atoms with Gasteiger partial charge in [0.25, 0.3) is 0 Å².